The number of benzene rings is 2. The first-order valence-electron chi connectivity index (χ1n) is 9.79. The van der Waals surface area contributed by atoms with Gasteiger partial charge >= 0.3 is 88.1 Å². The number of anilines is 1. The fourth-order valence-electron chi connectivity index (χ4n) is 2.99. The summed E-state index contributed by atoms with van der Waals surface area (Å²) in [5, 5.41) is 11.5. The van der Waals surface area contributed by atoms with E-state index in [0.717, 1.165) is 22.4 Å². The average molecular weight is 526 g/mol. The Morgan fingerprint density at radius 1 is 0.971 bits per heavy atom. The number of aromatic hydroxyl groups is 1. The first-order valence-corrected chi connectivity index (χ1v) is 13.2. The van der Waals surface area contributed by atoms with Crippen LogP contribution < -0.4 is 9.67 Å². The normalized spacial score (nSPS) is 10.7. The predicted octanol–water partition coefficient (Wildman–Crippen LogP) is 2.26. The van der Waals surface area contributed by atoms with Crippen molar-refractivity contribution in [2.45, 2.75) is 6.92 Å². The molecule has 1 amide bonds. The maximum Gasteiger partial charge on any atom is 0.123 e. The molecule has 0 unspecified atom stereocenters. The Kier molecular flexibility index (Phi) is 7.91. The summed E-state index contributed by atoms with van der Waals surface area (Å²) in [6.07, 6.45) is 6.66. The van der Waals surface area contributed by atoms with Crippen molar-refractivity contribution in [1.82, 2.24) is 15.0 Å². The fraction of sp³-hybridized carbons (Fsp3) is 0.0435. The average Bonchev–Trinajstić information content (AvgIpc) is 2.81. The molecule has 0 aliphatic rings. The third kappa shape index (κ3) is 6.35. The Morgan fingerprint density at radius 3 is 2.26 bits per heavy atom. The molecule has 0 bridgehead atoms. The van der Waals surface area contributed by atoms with Crippen molar-refractivity contribution in [3.8, 4) is 28.1 Å². The van der Waals surface area contributed by atoms with Crippen LogP contribution in [0.5, 0.6) is 5.75 Å². The van der Waals surface area contributed by atoms with Crippen LogP contribution >= 0.6 is 0 Å². The van der Waals surface area contributed by atoms with Gasteiger partial charge in [0.05, 0.1) is 5.69 Å². The Balaban J connectivity index is 0.000000197. The number of halogens is 1. The summed E-state index contributed by atoms with van der Waals surface area (Å²) < 4.78 is 41.8. The van der Waals surface area contributed by atoms with Crippen LogP contribution in [0.4, 0.5) is 10.1 Å². The molecule has 2 aromatic carbocycles. The molecular weight excluding hydrogens is 506 g/mol. The van der Waals surface area contributed by atoms with Gasteiger partial charge in [-0.2, -0.15) is 0 Å². The van der Waals surface area contributed by atoms with E-state index in [0.29, 0.717) is 0 Å². The molecule has 0 spiro atoms. The van der Waals surface area contributed by atoms with E-state index in [1.165, 1.54) is 43.6 Å². The van der Waals surface area contributed by atoms with E-state index in [2.05, 4.69) is 20.3 Å². The maximum atomic E-state index is 13.0. The minimum absolute atomic E-state index is 0.225. The first kappa shape index (κ1) is 24.8. The van der Waals surface area contributed by atoms with Crippen molar-refractivity contribution in [2.24, 2.45) is 0 Å². The largest absolute Gasteiger partial charge is 0.265 e. The number of carbonyl (C=O) groups excluding carboxylic acids is 1. The number of hydrogen-bond donors (Lipinski definition) is 4. The topological polar surface area (TPSA) is 146 Å². The van der Waals surface area contributed by atoms with Crippen LogP contribution in [0.3, 0.4) is 0 Å². The van der Waals surface area contributed by atoms with E-state index in [1.807, 2.05) is 12.1 Å². The van der Waals surface area contributed by atoms with Crippen molar-refractivity contribution in [1.29, 1.82) is 0 Å². The predicted molar refractivity (Wildman–Crippen MR) is 124 cm³/mol. The van der Waals surface area contributed by atoms with Gasteiger partial charge in [-0.3, -0.25) is 4.98 Å². The molecule has 0 fully saturated rings. The van der Waals surface area contributed by atoms with Gasteiger partial charge in [-0.25, -0.2) is 14.4 Å². The van der Waals surface area contributed by atoms with E-state index >= 15 is 0 Å². The van der Waals surface area contributed by atoms with Crippen molar-refractivity contribution >= 4 is 30.1 Å². The third-order valence-electron chi connectivity index (χ3n) is 4.46. The summed E-state index contributed by atoms with van der Waals surface area (Å²) in [5.41, 5.74) is 3.29. The molecule has 0 aliphatic carbocycles. The molecule has 2 heterocycles. The van der Waals surface area contributed by atoms with Crippen LogP contribution in [0.15, 0.2) is 79.5 Å². The van der Waals surface area contributed by atoms with Gasteiger partial charge in [0, 0.05) is 29.7 Å². The summed E-state index contributed by atoms with van der Waals surface area (Å²) in [6, 6.07) is 13.8. The summed E-state index contributed by atoms with van der Waals surface area (Å²) >= 11 is -5.14. The number of amides is 1. The summed E-state index contributed by atoms with van der Waals surface area (Å²) in [7, 11) is 0. The maximum absolute atomic E-state index is 13.0. The SMILES string of the molecule is CC(=O)Nc1c(O)cccc1[As](=O)(O)O.Fc1ccc(-c2cncnc2-c2ccncc2)cc1. The molecular formula is C23H20AsFN4O5. The van der Waals surface area contributed by atoms with Gasteiger partial charge in [-0.1, -0.05) is 12.1 Å². The van der Waals surface area contributed by atoms with Crippen LogP contribution in [-0.4, -0.2) is 48.3 Å². The van der Waals surface area contributed by atoms with E-state index < -0.39 is 20.1 Å². The van der Waals surface area contributed by atoms with Gasteiger partial charge in [-0.15, -0.1) is 0 Å². The zero-order valence-corrected chi connectivity index (χ0v) is 19.7. The standard InChI is InChI=1S/C15H10FN3.C8H10AsNO5/c16-13-3-1-11(2-4-13)14-9-18-10-19-15(14)12-5-7-17-8-6-12;1-5(11)10-8-6(9(13,14)15)3-2-4-7(8)12/h1-10H;2-4,12H,1H3,(H,10,11)(H2,13,14,15). The van der Waals surface area contributed by atoms with Gasteiger partial charge in [0.15, 0.2) is 0 Å². The van der Waals surface area contributed by atoms with Crippen LogP contribution in [0, 0.1) is 5.82 Å². The minimum atomic E-state index is -5.14. The van der Waals surface area contributed by atoms with Crippen LogP contribution in [-0.2, 0) is 8.53 Å². The van der Waals surface area contributed by atoms with Crippen LogP contribution in [0.2, 0.25) is 0 Å². The number of pyridine rings is 1. The Labute approximate surface area is 197 Å². The first-order chi connectivity index (χ1) is 16.2. The summed E-state index contributed by atoms with van der Waals surface area (Å²) in [4.78, 5) is 23.1. The van der Waals surface area contributed by atoms with Crippen molar-refractivity contribution < 1.29 is 26.2 Å². The molecule has 0 atom stereocenters. The van der Waals surface area contributed by atoms with E-state index in [4.69, 9.17) is 8.19 Å². The van der Waals surface area contributed by atoms with Crippen molar-refractivity contribution in [3.63, 3.8) is 0 Å². The smallest absolute Gasteiger partial charge is 0.123 e. The monoisotopic (exact) mass is 526 g/mol. The molecule has 0 aliphatic heterocycles. The number of nitrogens with zero attached hydrogens (tertiary/aromatic N) is 3. The molecule has 174 valence electrons. The second-order valence-corrected chi connectivity index (χ2v) is 10.2. The number of rotatable bonds is 4. The number of phenolic OH excluding ortho intramolecular Hbond substituents is 1. The van der Waals surface area contributed by atoms with Crippen molar-refractivity contribution in [2.75, 3.05) is 5.32 Å². The number of hydrogen-bond acceptors (Lipinski definition) is 6. The minimum Gasteiger partial charge on any atom is -0.265 e. The van der Waals surface area contributed by atoms with Gasteiger partial charge < -0.3 is 0 Å². The van der Waals surface area contributed by atoms with Gasteiger partial charge in [0.2, 0.25) is 0 Å². The van der Waals surface area contributed by atoms with E-state index in [-0.39, 0.29) is 21.6 Å². The second-order valence-electron chi connectivity index (χ2n) is 6.92. The molecule has 0 radical (unpaired) electrons. The number of nitrogens with one attached hydrogen (secondary N) is 1. The zero-order chi connectivity index (χ0) is 24.7. The molecule has 9 nitrogen and oxygen atoms in total. The van der Waals surface area contributed by atoms with Gasteiger partial charge in [0.1, 0.15) is 12.1 Å². The second kappa shape index (κ2) is 10.8. The molecule has 0 saturated heterocycles. The van der Waals surface area contributed by atoms with E-state index in [9.17, 15) is 18.0 Å². The van der Waals surface area contributed by atoms with Gasteiger partial charge in [0.25, 0.3) is 0 Å². The van der Waals surface area contributed by atoms with Crippen molar-refractivity contribution in [3.05, 3.63) is 85.3 Å². The molecule has 11 heteroatoms. The van der Waals surface area contributed by atoms with Crippen LogP contribution in [0.1, 0.15) is 6.92 Å². The Bertz CT molecular complexity index is 1330. The van der Waals surface area contributed by atoms with Crippen LogP contribution in [0.25, 0.3) is 22.4 Å². The number of carbonyl (C=O) groups is 1. The molecule has 0 saturated carbocycles. The Hall–Kier alpha value is -3.85. The Morgan fingerprint density at radius 2 is 1.65 bits per heavy atom. The molecule has 34 heavy (non-hydrogen) atoms. The molecule has 2 aromatic heterocycles. The van der Waals surface area contributed by atoms with Gasteiger partial charge in [-0.05, 0) is 29.8 Å². The zero-order valence-electron chi connectivity index (χ0n) is 17.8. The fourth-order valence-corrected chi connectivity index (χ4v) is 4.54. The molecule has 4 rings (SSSR count). The quantitative estimate of drug-likeness (QED) is 0.234. The third-order valence-corrected chi connectivity index (χ3v) is 6.56. The summed E-state index contributed by atoms with van der Waals surface area (Å²) in [5.74, 6) is -1.14. The summed E-state index contributed by atoms with van der Waals surface area (Å²) in [6.45, 7) is 1.18. The molecule has 4 N–H and O–H groups in total. The number of para-hydroxylation sites is 1. The molecule has 4 aromatic rings. The van der Waals surface area contributed by atoms with E-state index in [1.54, 1.807) is 30.7 Å². The number of phenols is 1. The number of aromatic nitrogens is 3.